The number of hydrogen-bond donors (Lipinski definition) is 2. The summed E-state index contributed by atoms with van der Waals surface area (Å²) in [5.41, 5.74) is 4.37. The van der Waals surface area contributed by atoms with E-state index in [1.807, 2.05) is 60.7 Å². The predicted molar refractivity (Wildman–Crippen MR) is 138 cm³/mol. The molecule has 0 bridgehead atoms. The van der Waals surface area contributed by atoms with Gasteiger partial charge in [-0.1, -0.05) is 30.7 Å². The Hall–Kier alpha value is -3.31. The molecule has 1 saturated heterocycles. The van der Waals surface area contributed by atoms with Gasteiger partial charge in [0.05, 0.1) is 0 Å². The van der Waals surface area contributed by atoms with Crippen molar-refractivity contribution in [1.29, 1.82) is 0 Å². The third kappa shape index (κ3) is 5.97. The van der Waals surface area contributed by atoms with E-state index in [1.54, 1.807) is 0 Å². The van der Waals surface area contributed by atoms with Crippen LogP contribution in [0.4, 0.5) is 16.2 Å². The second-order valence-corrected chi connectivity index (χ2v) is 9.47. The minimum atomic E-state index is -0.240. The Labute approximate surface area is 202 Å². The van der Waals surface area contributed by atoms with Gasteiger partial charge in [0.2, 0.25) is 0 Å². The van der Waals surface area contributed by atoms with Crippen LogP contribution in [0.1, 0.15) is 36.8 Å². The van der Waals surface area contributed by atoms with Crippen molar-refractivity contribution in [3.05, 3.63) is 83.9 Å². The number of amides is 2. The molecule has 2 amide bonds. The van der Waals surface area contributed by atoms with Crippen LogP contribution in [0.3, 0.4) is 0 Å². The zero-order valence-corrected chi connectivity index (χ0v) is 19.6. The van der Waals surface area contributed by atoms with Crippen molar-refractivity contribution < 1.29 is 9.53 Å². The smallest absolute Gasteiger partial charge is 0.323 e. The summed E-state index contributed by atoms with van der Waals surface area (Å²) in [6, 6.07) is 23.1. The number of nitrogens with zero attached hydrogens (tertiary/aromatic N) is 1. The molecule has 0 spiro atoms. The van der Waals surface area contributed by atoms with Crippen LogP contribution in [-0.2, 0) is 12.8 Å². The number of nitrogens with one attached hydrogen (secondary N) is 2. The Bertz CT molecular complexity index is 1090. The van der Waals surface area contributed by atoms with Crippen LogP contribution in [0.5, 0.6) is 11.5 Å². The number of aryl methyl sites for hydroxylation is 1. The number of carbonyl (C=O) groups is 1. The number of para-hydroxylation sites is 1. The normalized spacial score (nSPS) is 18.1. The molecule has 176 valence electrons. The number of likely N-dealkylation sites (tertiary alicyclic amines) is 1. The summed E-state index contributed by atoms with van der Waals surface area (Å²) >= 11 is 0. The molecule has 1 aliphatic carbocycles. The first-order valence-electron chi connectivity index (χ1n) is 12.5. The Morgan fingerprint density at radius 1 is 0.824 bits per heavy atom. The van der Waals surface area contributed by atoms with E-state index >= 15 is 0 Å². The van der Waals surface area contributed by atoms with Crippen molar-refractivity contribution >= 4 is 17.4 Å². The standard InChI is InChI=1S/C29H33N3O2/c33-29(30-25-13-15-28(16-14-25)34-27-7-3-1-4-8-27)31-26-12-11-23-19-22(9-10-24(23)20-26)21-32-17-5-2-6-18-32/h1,3-4,7-8,11-16,20,22H,2,5-6,9-10,17-19,21H2,(H2,30,31,33). The van der Waals surface area contributed by atoms with Gasteiger partial charge in [0.25, 0.3) is 0 Å². The average molecular weight is 456 g/mol. The van der Waals surface area contributed by atoms with Gasteiger partial charge in [-0.15, -0.1) is 0 Å². The fourth-order valence-electron chi connectivity index (χ4n) is 5.10. The third-order valence-electron chi connectivity index (χ3n) is 6.85. The molecule has 2 aliphatic rings. The van der Waals surface area contributed by atoms with Gasteiger partial charge in [-0.3, -0.25) is 0 Å². The number of ether oxygens (including phenoxy) is 1. The number of benzene rings is 3. The Kier molecular flexibility index (Phi) is 7.10. The second-order valence-electron chi connectivity index (χ2n) is 9.47. The molecule has 34 heavy (non-hydrogen) atoms. The summed E-state index contributed by atoms with van der Waals surface area (Å²) in [4.78, 5) is 15.2. The molecule has 3 aromatic rings. The first-order chi connectivity index (χ1) is 16.7. The Morgan fingerprint density at radius 3 is 2.32 bits per heavy atom. The lowest BCUT2D eigenvalue weighted by molar-refractivity contribution is 0.187. The van der Waals surface area contributed by atoms with Gasteiger partial charge in [0.15, 0.2) is 0 Å². The molecule has 3 aromatic carbocycles. The molecular formula is C29H33N3O2. The van der Waals surface area contributed by atoms with E-state index in [2.05, 4.69) is 27.7 Å². The highest BCUT2D eigenvalue weighted by Crippen LogP contribution is 2.29. The van der Waals surface area contributed by atoms with E-state index < -0.39 is 0 Å². The lowest BCUT2D eigenvalue weighted by Crippen LogP contribution is -2.36. The summed E-state index contributed by atoms with van der Waals surface area (Å²) < 4.78 is 5.81. The van der Waals surface area contributed by atoms with E-state index in [0.29, 0.717) is 0 Å². The Morgan fingerprint density at radius 2 is 1.53 bits per heavy atom. The van der Waals surface area contributed by atoms with Crippen molar-refractivity contribution in [2.75, 3.05) is 30.3 Å². The number of piperidine rings is 1. The van der Waals surface area contributed by atoms with Crippen LogP contribution >= 0.6 is 0 Å². The van der Waals surface area contributed by atoms with Crippen molar-refractivity contribution in [3.63, 3.8) is 0 Å². The fraction of sp³-hybridized carbons (Fsp3) is 0.345. The van der Waals surface area contributed by atoms with Gasteiger partial charge in [0.1, 0.15) is 11.5 Å². The third-order valence-corrected chi connectivity index (χ3v) is 6.85. The summed E-state index contributed by atoms with van der Waals surface area (Å²) in [6.07, 6.45) is 7.57. The SMILES string of the molecule is O=C(Nc1ccc(Oc2ccccc2)cc1)Nc1ccc2c(c1)CCC(CN1CCCCC1)C2. The van der Waals surface area contributed by atoms with Crippen LogP contribution in [0.2, 0.25) is 0 Å². The molecule has 0 aromatic heterocycles. The van der Waals surface area contributed by atoms with Gasteiger partial charge in [-0.05, 0) is 111 Å². The maximum absolute atomic E-state index is 12.5. The molecule has 1 unspecified atom stereocenters. The average Bonchev–Trinajstić information content (AvgIpc) is 2.86. The van der Waals surface area contributed by atoms with Gasteiger partial charge in [0, 0.05) is 17.9 Å². The maximum Gasteiger partial charge on any atom is 0.323 e. The fourth-order valence-corrected chi connectivity index (χ4v) is 5.10. The van der Waals surface area contributed by atoms with Gasteiger partial charge < -0.3 is 20.3 Å². The molecule has 1 heterocycles. The first kappa shape index (κ1) is 22.5. The molecule has 5 rings (SSSR count). The summed E-state index contributed by atoms with van der Waals surface area (Å²) in [5.74, 6) is 2.26. The first-order valence-corrected chi connectivity index (χ1v) is 12.5. The number of fused-ring (bicyclic) bond motifs is 1. The number of carbonyl (C=O) groups excluding carboxylic acids is 1. The van der Waals surface area contributed by atoms with Gasteiger partial charge in [-0.2, -0.15) is 0 Å². The highest BCUT2D eigenvalue weighted by molar-refractivity contribution is 5.99. The number of hydrogen-bond acceptors (Lipinski definition) is 3. The topological polar surface area (TPSA) is 53.6 Å². The van der Waals surface area contributed by atoms with Crippen LogP contribution in [-0.4, -0.2) is 30.6 Å². The van der Waals surface area contributed by atoms with E-state index in [1.165, 1.54) is 56.4 Å². The molecule has 5 nitrogen and oxygen atoms in total. The van der Waals surface area contributed by atoms with Gasteiger partial charge >= 0.3 is 6.03 Å². The molecule has 2 N–H and O–H groups in total. The number of rotatable bonds is 6. The van der Waals surface area contributed by atoms with E-state index in [9.17, 15) is 4.79 Å². The van der Waals surface area contributed by atoms with E-state index in [4.69, 9.17) is 4.74 Å². The number of urea groups is 1. The van der Waals surface area contributed by atoms with Crippen LogP contribution in [0.15, 0.2) is 72.8 Å². The van der Waals surface area contributed by atoms with Gasteiger partial charge in [-0.25, -0.2) is 4.79 Å². The molecule has 1 atom stereocenters. The molecule has 0 saturated carbocycles. The van der Waals surface area contributed by atoms with Crippen molar-refractivity contribution in [2.45, 2.75) is 38.5 Å². The molecule has 5 heteroatoms. The second kappa shape index (κ2) is 10.7. The largest absolute Gasteiger partial charge is 0.457 e. The molecule has 1 fully saturated rings. The Balaban J connectivity index is 1.13. The quantitative estimate of drug-likeness (QED) is 0.434. The predicted octanol–water partition coefficient (Wildman–Crippen LogP) is 6.71. The lowest BCUT2D eigenvalue weighted by Gasteiger charge is -2.33. The molecular weight excluding hydrogens is 422 g/mol. The summed E-state index contributed by atoms with van der Waals surface area (Å²) in [6.45, 7) is 3.77. The zero-order valence-electron chi connectivity index (χ0n) is 19.6. The molecule has 1 aliphatic heterocycles. The monoisotopic (exact) mass is 455 g/mol. The van der Waals surface area contributed by atoms with Crippen LogP contribution in [0, 0.1) is 5.92 Å². The number of anilines is 2. The van der Waals surface area contributed by atoms with Crippen molar-refractivity contribution in [1.82, 2.24) is 4.90 Å². The summed E-state index contributed by atoms with van der Waals surface area (Å²) in [7, 11) is 0. The van der Waals surface area contributed by atoms with E-state index in [-0.39, 0.29) is 6.03 Å². The minimum Gasteiger partial charge on any atom is -0.457 e. The lowest BCUT2D eigenvalue weighted by atomic mass is 9.83. The van der Waals surface area contributed by atoms with Crippen molar-refractivity contribution in [3.8, 4) is 11.5 Å². The summed E-state index contributed by atoms with van der Waals surface area (Å²) in [5, 5.41) is 5.89. The highest BCUT2D eigenvalue weighted by atomic mass is 16.5. The van der Waals surface area contributed by atoms with Crippen LogP contribution < -0.4 is 15.4 Å². The minimum absolute atomic E-state index is 0.240. The maximum atomic E-state index is 12.5. The molecule has 0 radical (unpaired) electrons. The zero-order chi connectivity index (χ0) is 23.2. The van der Waals surface area contributed by atoms with Crippen LogP contribution in [0.25, 0.3) is 0 Å². The van der Waals surface area contributed by atoms with Crippen molar-refractivity contribution in [2.24, 2.45) is 5.92 Å². The highest BCUT2D eigenvalue weighted by Gasteiger charge is 2.22. The van der Waals surface area contributed by atoms with E-state index in [0.717, 1.165) is 41.6 Å².